The summed E-state index contributed by atoms with van der Waals surface area (Å²) in [6, 6.07) is 9.97. The maximum Gasteiger partial charge on any atom is 0.213 e. The summed E-state index contributed by atoms with van der Waals surface area (Å²) in [6.07, 6.45) is 3.41. The molecule has 3 aromatic rings. The number of hydrogen-bond donors (Lipinski definition) is 2. The molecule has 0 amide bonds. The van der Waals surface area contributed by atoms with Crippen molar-refractivity contribution in [3.8, 4) is 11.3 Å². The summed E-state index contributed by atoms with van der Waals surface area (Å²) in [4.78, 5) is 5.52. The highest BCUT2D eigenvalue weighted by Gasteiger charge is 2.15. The summed E-state index contributed by atoms with van der Waals surface area (Å²) in [6.45, 7) is 6.16. The van der Waals surface area contributed by atoms with Gasteiger partial charge in [0.05, 0.1) is 6.21 Å². The Labute approximate surface area is 148 Å². The Morgan fingerprint density at radius 3 is 2.96 bits per heavy atom. The molecule has 0 spiro atoms. The van der Waals surface area contributed by atoms with Crippen LogP contribution in [0.3, 0.4) is 0 Å². The summed E-state index contributed by atoms with van der Waals surface area (Å²) in [5, 5.41) is 13.0. The van der Waals surface area contributed by atoms with E-state index in [4.69, 9.17) is 12.2 Å². The van der Waals surface area contributed by atoms with Crippen LogP contribution in [0.2, 0.25) is 0 Å². The number of rotatable bonds is 5. The second-order valence-electron chi connectivity index (χ2n) is 4.90. The molecule has 0 radical (unpaired) electrons. The summed E-state index contributed by atoms with van der Waals surface area (Å²) in [5.74, 6) is 0. The normalized spacial score (nSPS) is 11.0. The molecule has 2 N–H and O–H groups in total. The highest BCUT2D eigenvalue weighted by atomic mass is 32.1. The van der Waals surface area contributed by atoms with E-state index in [1.54, 1.807) is 28.1 Å². The maximum atomic E-state index is 5.12. The second-order valence-corrected chi connectivity index (χ2v) is 6.46. The lowest BCUT2D eigenvalue weighted by Gasteiger charge is -2.03. The van der Waals surface area contributed by atoms with Crippen molar-refractivity contribution in [1.82, 2.24) is 25.3 Å². The molecule has 0 bridgehead atoms. The molecule has 0 saturated carbocycles. The zero-order valence-corrected chi connectivity index (χ0v) is 14.7. The molecule has 2 heterocycles. The minimum Gasteiger partial charge on any atom is -0.358 e. The first-order valence-corrected chi connectivity index (χ1v) is 8.51. The minimum absolute atomic E-state index is 0.433. The summed E-state index contributed by atoms with van der Waals surface area (Å²) in [7, 11) is 0. The summed E-state index contributed by atoms with van der Waals surface area (Å²) in [5.41, 5.74) is 5.44. The van der Waals surface area contributed by atoms with E-state index in [1.165, 1.54) is 0 Å². The van der Waals surface area contributed by atoms with Crippen molar-refractivity contribution in [2.75, 3.05) is 6.54 Å². The zero-order valence-electron chi connectivity index (χ0n) is 13.1. The number of imidazole rings is 1. The molecule has 0 aliphatic carbocycles. The third kappa shape index (κ3) is 3.50. The van der Waals surface area contributed by atoms with Crippen LogP contribution < -0.4 is 10.7 Å². The molecular weight excluding hydrogens is 340 g/mol. The number of aryl methyl sites for hydroxylation is 1. The van der Waals surface area contributed by atoms with Crippen molar-refractivity contribution in [3.63, 3.8) is 0 Å². The van der Waals surface area contributed by atoms with Crippen molar-refractivity contribution < 1.29 is 0 Å². The van der Waals surface area contributed by atoms with Crippen LogP contribution in [-0.2, 0) is 0 Å². The Kier molecular flexibility index (Phi) is 4.97. The van der Waals surface area contributed by atoms with Gasteiger partial charge < -0.3 is 5.32 Å². The molecule has 3 rings (SSSR count). The number of hydrazone groups is 1. The third-order valence-electron chi connectivity index (χ3n) is 3.15. The van der Waals surface area contributed by atoms with Crippen LogP contribution in [0.15, 0.2) is 48.1 Å². The van der Waals surface area contributed by atoms with Gasteiger partial charge in [-0.05, 0) is 19.1 Å². The van der Waals surface area contributed by atoms with Crippen molar-refractivity contribution >= 4 is 39.8 Å². The monoisotopic (exact) mass is 356 g/mol. The highest BCUT2D eigenvalue weighted by molar-refractivity contribution is 7.80. The van der Waals surface area contributed by atoms with Crippen molar-refractivity contribution in [3.05, 3.63) is 53.7 Å². The number of aromatic nitrogens is 3. The van der Waals surface area contributed by atoms with E-state index in [0.29, 0.717) is 11.7 Å². The molecule has 0 unspecified atom stereocenters. The number of benzene rings is 1. The molecule has 2 aromatic heterocycles. The number of hydrogen-bond acceptors (Lipinski definition) is 5. The lowest BCUT2D eigenvalue weighted by atomic mass is 10.1. The highest BCUT2D eigenvalue weighted by Crippen LogP contribution is 2.25. The fourth-order valence-corrected chi connectivity index (χ4v) is 3.03. The van der Waals surface area contributed by atoms with Crippen LogP contribution in [-0.4, -0.2) is 32.5 Å². The Balaban J connectivity index is 1.92. The molecule has 6 nitrogen and oxygen atoms in total. The molecule has 0 saturated heterocycles. The van der Waals surface area contributed by atoms with Crippen LogP contribution >= 0.6 is 23.6 Å². The molecule has 0 aliphatic rings. The van der Waals surface area contributed by atoms with Gasteiger partial charge in [0.15, 0.2) is 5.11 Å². The average molecular weight is 356 g/mol. The first-order valence-electron chi connectivity index (χ1n) is 7.28. The van der Waals surface area contributed by atoms with Crippen molar-refractivity contribution in [2.45, 2.75) is 6.92 Å². The Bertz CT molecular complexity index is 894. The third-order valence-corrected chi connectivity index (χ3v) is 4.21. The Morgan fingerprint density at radius 2 is 2.21 bits per heavy atom. The number of thiocarbonyl (C=S) groups is 1. The topological polar surface area (TPSA) is 66.6 Å². The molecule has 24 heavy (non-hydrogen) atoms. The van der Waals surface area contributed by atoms with Crippen molar-refractivity contribution in [2.24, 2.45) is 5.10 Å². The molecule has 8 heteroatoms. The van der Waals surface area contributed by atoms with Gasteiger partial charge in [-0.1, -0.05) is 47.7 Å². The minimum atomic E-state index is 0.433. The lowest BCUT2D eigenvalue weighted by molar-refractivity contribution is 0.923. The molecule has 0 fully saturated rings. The first kappa shape index (κ1) is 16.3. The standard InChI is InChI=1S/C16H16N6S2/c1-3-9-17-15(23)20-18-10-13-14(12-7-5-4-6-8-12)19-16-22(13)21-11(2)24-16/h3-8,10H,1,9H2,2H3,(H2,17,20,23)/b18-10-. The van der Waals surface area contributed by atoms with Gasteiger partial charge in [-0.2, -0.15) is 10.2 Å². The fraction of sp³-hybridized carbons (Fsp3) is 0.125. The number of nitrogens with one attached hydrogen (secondary N) is 2. The SMILES string of the molecule is C=CCNC(=S)N/N=C\c1c(-c2ccccc2)nc2sc(C)nn12. The van der Waals surface area contributed by atoms with Gasteiger partial charge in [-0.3, -0.25) is 5.43 Å². The Morgan fingerprint density at radius 1 is 1.42 bits per heavy atom. The van der Waals surface area contributed by atoms with Crippen LogP contribution in [0, 0.1) is 6.92 Å². The van der Waals surface area contributed by atoms with Crippen LogP contribution in [0.4, 0.5) is 0 Å². The van der Waals surface area contributed by atoms with E-state index in [0.717, 1.165) is 26.9 Å². The van der Waals surface area contributed by atoms with Gasteiger partial charge in [-0.15, -0.1) is 6.58 Å². The maximum absolute atomic E-state index is 5.12. The Hall–Kier alpha value is -2.58. The van der Waals surface area contributed by atoms with Crippen LogP contribution in [0.5, 0.6) is 0 Å². The molecule has 122 valence electrons. The second kappa shape index (κ2) is 7.33. The number of nitrogens with zero attached hydrogens (tertiary/aromatic N) is 4. The van der Waals surface area contributed by atoms with Crippen LogP contribution in [0.1, 0.15) is 10.7 Å². The van der Waals surface area contributed by atoms with E-state index < -0.39 is 0 Å². The van der Waals surface area contributed by atoms with Gasteiger partial charge in [0.2, 0.25) is 4.96 Å². The zero-order chi connectivity index (χ0) is 16.9. The molecule has 1 aromatic carbocycles. The molecule has 0 aliphatic heterocycles. The van der Waals surface area contributed by atoms with Gasteiger partial charge in [0.25, 0.3) is 0 Å². The predicted octanol–water partition coefficient (Wildman–Crippen LogP) is 2.75. The average Bonchev–Trinajstić information content (AvgIpc) is 3.10. The summed E-state index contributed by atoms with van der Waals surface area (Å²) >= 11 is 6.66. The fourth-order valence-electron chi connectivity index (χ4n) is 2.14. The largest absolute Gasteiger partial charge is 0.358 e. The van der Waals surface area contributed by atoms with E-state index >= 15 is 0 Å². The lowest BCUT2D eigenvalue weighted by Crippen LogP contribution is -2.31. The van der Waals surface area contributed by atoms with Crippen molar-refractivity contribution in [1.29, 1.82) is 0 Å². The van der Waals surface area contributed by atoms with E-state index in [2.05, 4.69) is 32.5 Å². The van der Waals surface area contributed by atoms with E-state index in [-0.39, 0.29) is 0 Å². The molecule has 0 atom stereocenters. The van der Waals surface area contributed by atoms with Gasteiger partial charge in [0, 0.05) is 12.1 Å². The summed E-state index contributed by atoms with van der Waals surface area (Å²) < 4.78 is 1.80. The first-order chi connectivity index (χ1) is 11.7. The van der Waals surface area contributed by atoms with Crippen LogP contribution in [0.25, 0.3) is 16.2 Å². The van der Waals surface area contributed by atoms with Gasteiger partial charge >= 0.3 is 0 Å². The van der Waals surface area contributed by atoms with Gasteiger partial charge in [0.1, 0.15) is 16.4 Å². The quantitative estimate of drug-likeness (QED) is 0.318. The number of fused-ring (bicyclic) bond motifs is 1. The van der Waals surface area contributed by atoms with E-state index in [1.807, 2.05) is 37.3 Å². The van der Waals surface area contributed by atoms with E-state index in [9.17, 15) is 0 Å². The predicted molar refractivity (Wildman–Crippen MR) is 103 cm³/mol. The smallest absolute Gasteiger partial charge is 0.213 e. The molecular formula is C16H16N6S2. The van der Waals surface area contributed by atoms with Gasteiger partial charge in [-0.25, -0.2) is 9.50 Å².